The third-order valence-electron chi connectivity index (χ3n) is 4.95. The maximum atomic E-state index is 12.3. The van der Waals surface area contributed by atoms with Crippen LogP contribution in [0.15, 0.2) is 30.3 Å². The molecule has 138 valence electrons. The first-order chi connectivity index (χ1) is 12.2. The Hall–Kier alpha value is -1.63. The summed E-state index contributed by atoms with van der Waals surface area (Å²) in [5.74, 6) is 0. The quantitative estimate of drug-likeness (QED) is 0.854. The Kier molecular flexibility index (Phi) is 6.67. The fourth-order valence-corrected chi connectivity index (χ4v) is 3.58. The van der Waals surface area contributed by atoms with Gasteiger partial charge < -0.3 is 20.1 Å². The molecular formula is C19H29N3O3. The number of ether oxygens (including phenoxy) is 2. The summed E-state index contributed by atoms with van der Waals surface area (Å²) in [5, 5.41) is 6.15. The van der Waals surface area contributed by atoms with Crippen molar-refractivity contribution in [3.8, 4) is 0 Å². The largest absolute Gasteiger partial charge is 0.379 e. The molecule has 25 heavy (non-hydrogen) atoms. The van der Waals surface area contributed by atoms with E-state index in [9.17, 15) is 4.79 Å². The number of rotatable bonds is 5. The van der Waals surface area contributed by atoms with Gasteiger partial charge in [-0.15, -0.1) is 0 Å². The van der Waals surface area contributed by atoms with Crippen molar-refractivity contribution >= 4 is 6.03 Å². The van der Waals surface area contributed by atoms with Gasteiger partial charge in [-0.3, -0.25) is 4.90 Å². The standard InChI is InChI=1S/C19H29N3O3/c1-15-13-17(7-10-25-15)21-19(23)20-14-18(16-5-3-2-4-6-16)22-8-11-24-12-9-22/h2-6,15,17-18H,7-14H2,1H3,(H2,20,21,23)/t15-,17-,18+/m1/s1. The summed E-state index contributed by atoms with van der Waals surface area (Å²) in [7, 11) is 0. The van der Waals surface area contributed by atoms with Gasteiger partial charge in [-0.1, -0.05) is 30.3 Å². The summed E-state index contributed by atoms with van der Waals surface area (Å²) in [5.41, 5.74) is 1.23. The van der Waals surface area contributed by atoms with Crippen LogP contribution in [0.4, 0.5) is 4.79 Å². The van der Waals surface area contributed by atoms with Crippen LogP contribution in [-0.2, 0) is 9.47 Å². The van der Waals surface area contributed by atoms with Crippen LogP contribution < -0.4 is 10.6 Å². The van der Waals surface area contributed by atoms with Crippen LogP contribution in [0.1, 0.15) is 31.4 Å². The minimum atomic E-state index is -0.0895. The SMILES string of the molecule is C[C@@H]1C[C@H](NC(=O)NC[C@@H](c2ccccc2)N2CCOCC2)CCO1. The van der Waals surface area contributed by atoms with E-state index in [0.717, 1.165) is 39.1 Å². The lowest BCUT2D eigenvalue weighted by Crippen LogP contribution is -2.49. The van der Waals surface area contributed by atoms with Gasteiger partial charge in [0.25, 0.3) is 0 Å². The van der Waals surface area contributed by atoms with Gasteiger partial charge in [-0.05, 0) is 25.3 Å². The fourth-order valence-electron chi connectivity index (χ4n) is 3.58. The number of nitrogens with zero attached hydrogens (tertiary/aromatic N) is 1. The summed E-state index contributed by atoms with van der Waals surface area (Å²) < 4.78 is 11.0. The lowest BCUT2D eigenvalue weighted by molar-refractivity contribution is 0.0141. The second kappa shape index (κ2) is 9.17. The number of hydrogen-bond donors (Lipinski definition) is 2. The van der Waals surface area contributed by atoms with E-state index in [0.29, 0.717) is 13.2 Å². The molecule has 2 saturated heterocycles. The average molecular weight is 347 g/mol. The van der Waals surface area contributed by atoms with Crippen molar-refractivity contribution in [1.29, 1.82) is 0 Å². The van der Waals surface area contributed by atoms with E-state index in [1.165, 1.54) is 5.56 Å². The Balaban J connectivity index is 1.55. The molecule has 2 amide bonds. The van der Waals surface area contributed by atoms with Crippen LogP contribution in [0.2, 0.25) is 0 Å². The molecule has 0 bridgehead atoms. The molecule has 0 radical (unpaired) electrons. The molecule has 2 heterocycles. The van der Waals surface area contributed by atoms with E-state index in [2.05, 4.69) is 34.6 Å². The summed E-state index contributed by atoms with van der Waals surface area (Å²) in [6.07, 6.45) is 1.96. The van der Waals surface area contributed by atoms with Gasteiger partial charge in [-0.2, -0.15) is 0 Å². The second-order valence-corrected chi connectivity index (χ2v) is 6.83. The molecule has 0 aromatic heterocycles. The van der Waals surface area contributed by atoms with E-state index in [-0.39, 0.29) is 24.2 Å². The maximum absolute atomic E-state index is 12.3. The Morgan fingerprint density at radius 2 is 2.00 bits per heavy atom. The summed E-state index contributed by atoms with van der Waals surface area (Å²) in [4.78, 5) is 14.7. The first kappa shape index (κ1) is 18.2. The van der Waals surface area contributed by atoms with Crippen molar-refractivity contribution in [1.82, 2.24) is 15.5 Å². The van der Waals surface area contributed by atoms with Gasteiger partial charge in [0.1, 0.15) is 0 Å². The number of nitrogens with one attached hydrogen (secondary N) is 2. The highest BCUT2D eigenvalue weighted by atomic mass is 16.5. The molecule has 0 spiro atoms. The van der Waals surface area contributed by atoms with Crippen molar-refractivity contribution in [3.63, 3.8) is 0 Å². The first-order valence-corrected chi connectivity index (χ1v) is 9.25. The van der Waals surface area contributed by atoms with Crippen molar-refractivity contribution in [3.05, 3.63) is 35.9 Å². The van der Waals surface area contributed by atoms with E-state index in [4.69, 9.17) is 9.47 Å². The Bertz CT molecular complexity index is 534. The van der Waals surface area contributed by atoms with Crippen LogP contribution in [0.3, 0.4) is 0 Å². The fraction of sp³-hybridized carbons (Fsp3) is 0.632. The van der Waals surface area contributed by atoms with Gasteiger partial charge in [0.15, 0.2) is 0 Å². The molecule has 3 rings (SSSR count). The molecule has 0 unspecified atom stereocenters. The average Bonchev–Trinajstić information content (AvgIpc) is 2.64. The maximum Gasteiger partial charge on any atom is 0.315 e. The summed E-state index contributed by atoms with van der Waals surface area (Å²) in [6.45, 7) is 6.63. The molecule has 0 saturated carbocycles. The van der Waals surface area contributed by atoms with Gasteiger partial charge >= 0.3 is 6.03 Å². The smallest absolute Gasteiger partial charge is 0.315 e. The summed E-state index contributed by atoms with van der Waals surface area (Å²) >= 11 is 0. The molecule has 6 nitrogen and oxygen atoms in total. The number of amides is 2. The summed E-state index contributed by atoms with van der Waals surface area (Å²) in [6, 6.07) is 10.6. The highest BCUT2D eigenvalue weighted by Gasteiger charge is 2.24. The van der Waals surface area contributed by atoms with E-state index >= 15 is 0 Å². The number of hydrogen-bond acceptors (Lipinski definition) is 4. The molecule has 1 aromatic rings. The Labute approximate surface area is 149 Å². The molecule has 0 aliphatic carbocycles. The van der Waals surface area contributed by atoms with Crippen LogP contribution in [0, 0.1) is 0 Å². The highest BCUT2D eigenvalue weighted by Crippen LogP contribution is 2.21. The van der Waals surface area contributed by atoms with Crippen molar-refractivity contribution in [2.24, 2.45) is 0 Å². The van der Waals surface area contributed by atoms with Crippen LogP contribution in [0.25, 0.3) is 0 Å². The second-order valence-electron chi connectivity index (χ2n) is 6.83. The molecule has 2 aliphatic rings. The monoisotopic (exact) mass is 347 g/mol. The van der Waals surface area contributed by atoms with E-state index < -0.39 is 0 Å². The molecule has 6 heteroatoms. The topological polar surface area (TPSA) is 62.8 Å². The minimum absolute atomic E-state index is 0.0895. The van der Waals surface area contributed by atoms with E-state index in [1.54, 1.807) is 0 Å². The van der Waals surface area contributed by atoms with Gasteiger partial charge in [0.2, 0.25) is 0 Å². The van der Waals surface area contributed by atoms with Crippen LogP contribution >= 0.6 is 0 Å². The predicted octanol–water partition coefficient (Wildman–Crippen LogP) is 1.93. The predicted molar refractivity (Wildman–Crippen MR) is 96.5 cm³/mol. The zero-order chi connectivity index (χ0) is 17.5. The molecule has 3 atom stereocenters. The zero-order valence-corrected chi connectivity index (χ0v) is 14.9. The van der Waals surface area contributed by atoms with Gasteiger partial charge in [0, 0.05) is 32.3 Å². The lowest BCUT2D eigenvalue weighted by atomic mass is 10.0. The van der Waals surface area contributed by atoms with Crippen molar-refractivity contribution in [2.75, 3.05) is 39.5 Å². The normalized spacial score (nSPS) is 26.0. The van der Waals surface area contributed by atoms with Crippen LogP contribution in [-0.4, -0.2) is 62.5 Å². The van der Waals surface area contributed by atoms with Gasteiger partial charge in [0.05, 0.1) is 25.4 Å². The third kappa shape index (κ3) is 5.42. The third-order valence-corrected chi connectivity index (χ3v) is 4.95. The molecule has 2 fully saturated rings. The lowest BCUT2D eigenvalue weighted by Gasteiger charge is -2.35. The van der Waals surface area contributed by atoms with Crippen molar-refractivity contribution in [2.45, 2.75) is 38.0 Å². The number of benzene rings is 1. The van der Waals surface area contributed by atoms with Crippen molar-refractivity contribution < 1.29 is 14.3 Å². The van der Waals surface area contributed by atoms with Crippen LogP contribution in [0.5, 0.6) is 0 Å². The number of carbonyl (C=O) groups is 1. The Morgan fingerprint density at radius 3 is 2.72 bits per heavy atom. The zero-order valence-electron chi connectivity index (χ0n) is 14.9. The Morgan fingerprint density at radius 1 is 1.24 bits per heavy atom. The van der Waals surface area contributed by atoms with E-state index in [1.807, 2.05) is 18.2 Å². The molecular weight excluding hydrogens is 318 g/mol. The molecule has 2 N–H and O–H groups in total. The molecule has 2 aliphatic heterocycles. The first-order valence-electron chi connectivity index (χ1n) is 9.25. The minimum Gasteiger partial charge on any atom is -0.379 e. The number of urea groups is 1. The number of morpholine rings is 1. The highest BCUT2D eigenvalue weighted by molar-refractivity contribution is 5.74. The number of carbonyl (C=O) groups excluding carboxylic acids is 1. The van der Waals surface area contributed by atoms with Gasteiger partial charge in [-0.25, -0.2) is 4.79 Å². The molecule has 1 aromatic carbocycles.